The van der Waals surface area contributed by atoms with Gasteiger partial charge >= 0.3 is 0 Å². The summed E-state index contributed by atoms with van der Waals surface area (Å²) < 4.78 is 0. The third kappa shape index (κ3) is 2.91. The molecule has 2 nitrogen and oxygen atoms in total. The third-order valence-electron chi connectivity index (χ3n) is 4.96. The summed E-state index contributed by atoms with van der Waals surface area (Å²) in [6.45, 7) is 0.605. The number of rotatable bonds is 3. The SMILES string of the molecule is CN(c1ccc(CN)c2ccccc12)C1CCCCCC1. The molecule has 1 fully saturated rings. The number of nitrogens with zero attached hydrogens (tertiary/aromatic N) is 1. The lowest BCUT2D eigenvalue weighted by atomic mass is 10.00. The fourth-order valence-corrected chi connectivity index (χ4v) is 3.67. The van der Waals surface area contributed by atoms with Gasteiger partial charge in [-0.25, -0.2) is 0 Å². The molecule has 2 aromatic carbocycles. The predicted molar refractivity (Wildman–Crippen MR) is 91.7 cm³/mol. The number of fused-ring (bicyclic) bond motifs is 1. The monoisotopic (exact) mass is 282 g/mol. The van der Waals surface area contributed by atoms with Crippen LogP contribution < -0.4 is 10.6 Å². The molecule has 1 aliphatic rings. The highest BCUT2D eigenvalue weighted by molar-refractivity contribution is 5.96. The van der Waals surface area contributed by atoms with Crippen molar-refractivity contribution in [2.24, 2.45) is 5.73 Å². The average Bonchev–Trinajstić information content (AvgIpc) is 2.82. The van der Waals surface area contributed by atoms with Crippen LogP contribution in [0, 0.1) is 0 Å². The van der Waals surface area contributed by atoms with E-state index in [1.54, 1.807) is 0 Å². The quantitative estimate of drug-likeness (QED) is 0.842. The molecule has 1 aliphatic carbocycles. The standard InChI is InChI=1S/C19H26N2/c1-21(16-8-4-2-3-5-9-16)19-13-12-15(14-20)17-10-6-7-11-18(17)19/h6-7,10-13,16H,2-5,8-9,14,20H2,1H3. The molecule has 0 aliphatic heterocycles. The van der Waals surface area contributed by atoms with Gasteiger partial charge in [-0.3, -0.25) is 0 Å². The van der Waals surface area contributed by atoms with Crippen molar-refractivity contribution in [3.8, 4) is 0 Å². The Bertz CT molecular complexity index is 598. The zero-order chi connectivity index (χ0) is 14.7. The summed E-state index contributed by atoms with van der Waals surface area (Å²) in [5, 5.41) is 2.64. The topological polar surface area (TPSA) is 29.3 Å². The minimum atomic E-state index is 0.605. The fraction of sp³-hybridized carbons (Fsp3) is 0.474. The first kappa shape index (κ1) is 14.4. The van der Waals surface area contributed by atoms with Crippen LogP contribution in [0.25, 0.3) is 10.8 Å². The maximum atomic E-state index is 5.89. The highest BCUT2D eigenvalue weighted by atomic mass is 15.1. The summed E-state index contributed by atoms with van der Waals surface area (Å²) >= 11 is 0. The van der Waals surface area contributed by atoms with E-state index in [0.29, 0.717) is 12.6 Å². The summed E-state index contributed by atoms with van der Waals surface area (Å²) in [5.41, 5.74) is 8.49. The van der Waals surface area contributed by atoms with Gasteiger partial charge in [0.25, 0.3) is 0 Å². The zero-order valence-corrected chi connectivity index (χ0v) is 13.0. The molecule has 0 spiro atoms. The molecular weight excluding hydrogens is 256 g/mol. The Balaban J connectivity index is 1.99. The molecule has 112 valence electrons. The normalized spacial score (nSPS) is 16.9. The smallest absolute Gasteiger partial charge is 0.0446 e. The van der Waals surface area contributed by atoms with E-state index in [-0.39, 0.29) is 0 Å². The van der Waals surface area contributed by atoms with E-state index in [2.05, 4.69) is 48.3 Å². The molecule has 0 saturated heterocycles. The van der Waals surface area contributed by atoms with Crippen LogP contribution in [-0.4, -0.2) is 13.1 Å². The fourth-order valence-electron chi connectivity index (χ4n) is 3.67. The lowest BCUT2D eigenvalue weighted by Gasteiger charge is -2.30. The van der Waals surface area contributed by atoms with Crippen LogP contribution in [0.3, 0.4) is 0 Å². The van der Waals surface area contributed by atoms with E-state index in [0.717, 1.165) is 0 Å². The Hall–Kier alpha value is -1.54. The molecule has 3 rings (SSSR count). The van der Waals surface area contributed by atoms with Gasteiger partial charge in [0.2, 0.25) is 0 Å². The van der Waals surface area contributed by atoms with Gasteiger partial charge in [-0.2, -0.15) is 0 Å². The van der Waals surface area contributed by atoms with Crippen LogP contribution in [0.2, 0.25) is 0 Å². The number of benzene rings is 2. The Morgan fingerprint density at radius 2 is 1.62 bits per heavy atom. The summed E-state index contributed by atoms with van der Waals surface area (Å²) in [4.78, 5) is 2.51. The van der Waals surface area contributed by atoms with Crippen molar-refractivity contribution in [3.63, 3.8) is 0 Å². The molecular formula is C19H26N2. The van der Waals surface area contributed by atoms with E-state index in [9.17, 15) is 0 Å². The Labute approximate surface area is 127 Å². The highest BCUT2D eigenvalue weighted by Gasteiger charge is 2.19. The molecule has 1 saturated carbocycles. The highest BCUT2D eigenvalue weighted by Crippen LogP contribution is 2.32. The molecule has 2 aromatic rings. The lowest BCUT2D eigenvalue weighted by Crippen LogP contribution is -2.31. The van der Waals surface area contributed by atoms with Crippen LogP contribution in [0.4, 0.5) is 5.69 Å². The average molecular weight is 282 g/mol. The summed E-state index contributed by atoms with van der Waals surface area (Å²) in [5.74, 6) is 0. The Morgan fingerprint density at radius 1 is 0.952 bits per heavy atom. The van der Waals surface area contributed by atoms with E-state index < -0.39 is 0 Å². The largest absolute Gasteiger partial charge is 0.371 e. The summed E-state index contributed by atoms with van der Waals surface area (Å²) in [7, 11) is 2.26. The first-order chi connectivity index (χ1) is 10.3. The molecule has 0 bridgehead atoms. The van der Waals surface area contributed by atoms with Crippen molar-refractivity contribution in [1.82, 2.24) is 0 Å². The number of nitrogens with two attached hydrogens (primary N) is 1. The second-order valence-electron chi connectivity index (χ2n) is 6.25. The number of hydrogen-bond donors (Lipinski definition) is 1. The van der Waals surface area contributed by atoms with Gasteiger partial charge in [0.05, 0.1) is 0 Å². The molecule has 0 heterocycles. The second kappa shape index (κ2) is 6.48. The molecule has 0 radical (unpaired) electrons. The Kier molecular flexibility index (Phi) is 4.45. The molecule has 2 heteroatoms. The van der Waals surface area contributed by atoms with Crippen molar-refractivity contribution in [1.29, 1.82) is 0 Å². The minimum absolute atomic E-state index is 0.605. The maximum Gasteiger partial charge on any atom is 0.0446 e. The lowest BCUT2D eigenvalue weighted by molar-refractivity contribution is 0.554. The van der Waals surface area contributed by atoms with Gasteiger partial charge < -0.3 is 10.6 Å². The van der Waals surface area contributed by atoms with Crippen LogP contribution in [0.5, 0.6) is 0 Å². The molecule has 0 aromatic heterocycles. The van der Waals surface area contributed by atoms with Gasteiger partial charge in [0, 0.05) is 30.7 Å². The minimum Gasteiger partial charge on any atom is -0.371 e. The number of hydrogen-bond acceptors (Lipinski definition) is 2. The van der Waals surface area contributed by atoms with E-state index in [1.807, 2.05) is 0 Å². The first-order valence-corrected chi connectivity index (χ1v) is 8.25. The van der Waals surface area contributed by atoms with E-state index in [1.165, 1.54) is 60.5 Å². The van der Waals surface area contributed by atoms with Gasteiger partial charge in [0.15, 0.2) is 0 Å². The van der Waals surface area contributed by atoms with Crippen LogP contribution >= 0.6 is 0 Å². The third-order valence-corrected chi connectivity index (χ3v) is 4.96. The molecule has 21 heavy (non-hydrogen) atoms. The van der Waals surface area contributed by atoms with E-state index >= 15 is 0 Å². The number of anilines is 1. The maximum absolute atomic E-state index is 5.89. The first-order valence-electron chi connectivity index (χ1n) is 8.25. The zero-order valence-electron chi connectivity index (χ0n) is 13.0. The molecule has 0 atom stereocenters. The van der Waals surface area contributed by atoms with Crippen molar-refractivity contribution >= 4 is 16.5 Å². The van der Waals surface area contributed by atoms with Crippen molar-refractivity contribution in [2.45, 2.75) is 51.1 Å². The second-order valence-corrected chi connectivity index (χ2v) is 6.25. The van der Waals surface area contributed by atoms with E-state index in [4.69, 9.17) is 5.73 Å². The molecule has 2 N–H and O–H groups in total. The predicted octanol–water partition coefficient (Wildman–Crippen LogP) is 4.46. The molecule has 0 unspecified atom stereocenters. The summed E-state index contributed by atoms with van der Waals surface area (Å²) in [6.07, 6.45) is 8.18. The molecule has 0 amide bonds. The van der Waals surface area contributed by atoms with Gasteiger partial charge in [0.1, 0.15) is 0 Å². The van der Waals surface area contributed by atoms with Gasteiger partial charge in [-0.1, -0.05) is 56.0 Å². The van der Waals surface area contributed by atoms with Crippen LogP contribution in [-0.2, 0) is 6.54 Å². The van der Waals surface area contributed by atoms with Crippen molar-refractivity contribution < 1.29 is 0 Å². The van der Waals surface area contributed by atoms with Crippen LogP contribution in [0.1, 0.15) is 44.1 Å². The van der Waals surface area contributed by atoms with Crippen molar-refractivity contribution in [2.75, 3.05) is 11.9 Å². The van der Waals surface area contributed by atoms with Crippen LogP contribution in [0.15, 0.2) is 36.4 Å². The van der Waals surface area contributed by atoms with Crippen molar-refractivity contribution in [3.05, 3.63) is 42.0 Å². The Morgan fingerprint density at radius 3 is 2.29 bits per heavy atom. The van der Waals surface area contributed by atoms with Gasteiger partial charge in [-0.05, 0) is 29.9 Å². The summed E-state index contributed by atoms with van der Waals surface area (Å²) in [6, 6.07) is 13.8. The van der Waals surface area contributed by atoms with Gasteiger partial charge in [-0.15, -0.1) is 0 Å².